The summed E-state index contributed by atoms with van der Waals surface area (Å²) in [7, 11) is 0. The maximum Gasteiger partial charge on any atom is 0.416 e. The molecule has 1 amide bonds. The van der Waals surface area contributed by atoms with Crippen LogP contribution >= 0.6 is 0 Å². The van der Waals surface area contributed by atoms with Crippen LogP contribution in [-0.2, 0) is 28.5 Å². The predicted octanol–water partition coefficient (Wildman–Crippen LogP) is 5.16. The van der Waals surface area contributed by atoms with Crippen molar-refractivity contribution in [2.45, 2.75) is 62.3 Å². The zero-order chi connectivity index (χ0) is 25.5. The van der Waals surface area contributed by atoms with E-state index in [1.165, 1.54) is 12.1 Å². The minimum absolute atomic E-state index is 0.0719. The van der Waals surface area contributed by atoms with Gasteiger partial charge in [0.15, 0.2) is 0 Å². The molecular formula is C24H23F7N2O2. The molecule has 2 aromatic carbocycles. The number of hydrogen-bond donors (Lipinski definition) is 2. The Balaban J connectivity index is 1.59. The molecule has 2 aromatic rings. The molecule has 1 saturated heterocycles. The summed E-state index contributed by atoms with van der Waals surface area (Å²) < 4.78 is 98.6. The Morgan fingerprint density at radius 3 is 2.06 bits per heavy atom. The number of nitrogens with one attached hydrogen (secondary N) is 1. The molecule has 5 atom stereocenters. The van der Waals surface area contributed by atoms with E-state index in [2.05, 4.69) is 5.32 Å². The van der Waals surface area contributed by atoms with Crippen molar-refractivity contribution in [1.29, 1.82) is 0 Å². The lowest BCUT2D eigenvalue weighted by molar-refractivity contribution is -0.143. The van der Waals surface area contributed by atoms with Gasteiger partial charge in [0.25, 0.3) is 0 Å². The maximum absolute atomic E-state index is 13.5. The fourth-order valence-electron chi connectivity index (χ4n) is 5.09. The van der Waals surface area contributed by atoms with Gasteiger partial charge in [-0.2, -0.15) is 26.3 Å². The van der Waals surface area contributed by atoms with Crippen LogP contribution in [0.15, 0.2) is 42.5 Å². The molecule has 4 nitrogen and oxygen atoms in total. The second-order valence-corrected chi connectivity index (χ2v) is 9.04. The summed E-state index contributed by atoms with van der Waals surface area (Å²) >= 11 is 0. The first-order chi connectivity index (χ1) is 16.3. The molecule has 0 aromatic heterocycles. The Kier molecular flexibility index (Phi) is 6.85. The Morgan fingerprint density at radius 1 is 0.943 bits per heavy atom. The molecule has 0 bridgehead atoms. The predicted molar refractivity (Wildman–Crippen MR) is 111 cm³/mol. The fourth-order valence-corrected chi connectivity index (χ4v) is 5.09. The van der Waals surface area contributed by atoms with Crippen molar-refractivity contribution in [3.8, 4) is 0 Å². The van der Waals surface area contributed by atoms with Crippen LogP contribution in [0.25, 0.3) is 0 Å². The average Bonchev–Trinajstić information content (AvgIpc) is 3.34. The first-order valence-electron chi connectivity index (χ1n) is 11.0. The Morgan fingerprint density at radius 2 is 1.54 bits per heavy atom. The van der Waals surface area contributed by atoms with E-state index >= 15 is 0 Å². The van der Waals surface area contributed by atoms with Gasteiger partial charge in [-0.3, -0.25) is 4.79 Å². The van der Waals surface area contributed by atoms with Gasteiger partial charge in [-0.25, -0.2) is 4.39 Å². The number of hydrogen-bond acceptors (Lipinski definition) is 3. The van der Waals surface area contributed by atoms with E-state index in [1.807, 2.05) is 0 Å². The number of ether oxygens (including phenoxy) is 1. The molecule has 35 heavy (non-hydrogen) atoms. The molecule has 1 aliphatic heterocycles. The zero-order valence-electron chi connectivity index (χ0n) is 18.3. The Labute approximate surface area is 196 Å². The van der Waals surface area contributed by atoms with Crippen molar-refractivity contribution in [2.24, 2.45) is 11.7 Å². The summed E-state index contributed by atoms with van der Waals surface area (Å²) in [6, 6.07) is 6.09. The van der Waals surface area contributed by atoms with Crippen molar-refractivity contribution in [2.75, 3.05) is 0 Å². The molecule has 190 valence electrons. The van der Waals surface area contributed by atoms with Gasteiger partial charge in [0.05, 0.1) is 29.9 Å². The van der Waals surface area contributed by atoms with E-state index in [0.717, 1.165) is 0 Å². The SMILES string of the molecule is N[C@@H]1C[C@@H]([C@@H]2CC[C@H](OCc3cc(C(F)(F)F)cc(C(F)(F)F)c3)[C@H]2c2ccc(F)cc2)NC1=O. The van der Waals surface area contributed by atoms with Crippen LogP contribution in [0.1, 0.15) is 47.4 Å². The number of benzene rings is 2. The standard InChI is InChI=1S/C24H23F7N2O2/c25-16-3-1-13(2-4-16)21-17(19-10-18(32)22(34)33-19)5-6-20(21)35-11-12-7-14(23(26,27)28)9-15(8-12)24(29,30)31/h1-4,7-9,17-21H,5-6,10-11,32H2,(H,33,34)/t17-,18+,19-,20-,21-/m0/s1. The summed E-state index contributed by atoms with van der Waals surface area (Å²) in [5, 5.41) is 2.86. The molecule has 1 saturated carbocycles. The zero-order valence-corrected chi connectivity index (χ0v) is 18.3. The monoisotopic (exact) mass is 504 g/mol. The molecule has 2 aliphatic rings. The molecule has 1 aliphatic carbocycles. The van der Waals surface area contributed by atoms with Crippen molar-refractivity contribution < 1.29 is 40.3 Å². The molecule has 2 fully saturated rings. The minimum atomic E-state index is -4.95. The normalized spacial score (nSPS) is 27.3. The smallest absolute Gasteiger partial charge is 0.373 e. The average molecular weight is 504 g/mol. The van der Waals surface area contributed by atoms with E-state index in [1.54, 1.807) is 12.1 Å². The molecule has 3 N–H and O–H groups in total. The Bertz CT molecular complexity index is 1040. The number of amides is 1. The molecule has 1 heterocycles. The number of rotatable bonds is 5. The molecular weight excluding hydrogens is 481 g/mol. The van der Waals surface area contributed by atoms with Crippen LogP contribution in [0.4, 0.5) is 30.7 Å². The highest BCUT2D eigenvalue weighted by Gasteiger charge is 2.45. The Hall–Kier alpha value is -2.66. The lowest BCUT2D eigenvalue weighted by Gasteiger charge is -2.29. The van der Waals surface area contributed by atoms with Gasteiger partial charge >= 0.3 is 12.4 Å². The summed E-state index contributed by atoms with van der Waals surface area (Å²) in [6.07, 6.45) is -9.05. The lowest BCUT2D eigenvalue weighted by Crippen LogP contribution is -2.36. The topological polar surface area (TPSA) is 64.3 Å². The number of halogens is 7. The van der Waals surface area contributed by atoms with Crippen LogP contribution in [0.3, 0.4) is 0 Å². The molecule has 0 radical (unpaired) electrons. The summed E-state index contributed by atoms with van der Waals surface area (Å²) in [6.45, 7) is -0.474. The van der Waals surface area contributed by atoms with Gasteiger partial charge in [-0.1, -0.05) is 12.1 Å². The van der Waals surface area contributed by atoms with Crippen LogP contribution < -0.4 is 11.1 Å². The van der Waals surface area contributed by atoms with E-state index in [-0.39, 0.29) is 35.4 Å². The second kappa shape index (κ2) is 9.42. The van der Waals surface area contributed by atoms with E-state index in [0.29, 0.717) is 37.0 Å². The lowest BCUT2D eigenvalue weighted by atomic mass is 9.82. The van der Waals surface area contributed by atoms with Crippen molar-refractivity contribution in [1.82, 2.24) is 5.32 Å². The number of alkyl halides is 6. The third-order valence-corrected chi connectivity index (χ3v) is 6.70. The third kappa shape index (κ3) is 5.61. The van der Waals surface area contributed by atoms with Crippen LogP contribution in [-0.4, -0.2) is 24.1 Å². The number of carbonyl (C=O) groups excluding carboxylic acids is 1. The van der Waals surface area contributed by atoms with Crippen LogP contribution in [0.5, 0.6) is 0 Å². The first-order valence-corrected chi connectivity index (χ1v) is 11.0. The highest BCUT2D eigenvalue weighted by molar-refractivity contribution is 5.84. The van der Waals surface area contributed by atoms with E-state index in [4.69, 9.17) is 10.5 Å². The third-order valence-electron chi connectivity index (χ3n) is 6.70. The van der Waals surface area contributed by atoms with Gasteiger partial charge in [0, 0.05) is 12.0 Å². The van der Waals surface area contributed by atoms with Gasteiger partial charge in [-0.15, -0.1) is 0 Å². The molecule has 4 rings (SSSR count). The number of carbonyl (C=O) groups is 1. The van der Waals surface area contributed by atoms with Crippen LogP contribution in [0, 0.1) is 11.7 Å². The van der Waals surface area contributed by atoms with Crippen molar-refractivity contribution in [3.63, 3.8) is 0 Å². The van der Waals surface area contributed by atoms with E-state index in [9.17, 15) is 35.5 Å². The number of nitrogens with two attached hydrogens (primary N) is 1. The highest BCUT2D eigenvalue weighted by atomic mass is 19.4. The summed E-state index contributed by atoms with van der Waals surface area (Å²) in [5.41, 5.74) is 3.46. The van der Waals surface area contributed by atoms with Gasteiger partial charge in [-0.05, 0) is 66.6 Å². The van der Waals surface area contributed by atoms with Crippen LogP contribution in [0.2, 0.25) is 0 Å². The molecule has 0 unspecified atom stereocenters. The van der Waals surface area contributed by atoms with Gasteiger partial charge in [0.2, 0.25) is 5.91 Å². The van der Waals surface area contributed by atoms with Gasteiger partial charge in [0.1, 0.15) is 5.82 Å². The summed E-state index contributed by atoms with van der Waals surface area (Å²) in [4.78, 5) is 11.9. The summed E-state index contributed by atoms with van der Waals surface area (Å²) in [5.74, 6) is -1.25. The molecule has 0 spiro atoms. The van der Waals surface area contributed by atoms with Crippen molar-refractivity contribution >= 4 is 5.91 Å². The van der Waals surface area contributed by atoms with Gasteiger partial charge < -0.3 is 15.8 Å². The van der Waals surface area contributed by atoms with E-state index < -0.39 is 48.0 Å². The van der Waals surface area contributed by atoms with Crippen molar-refractivity contribution in [3.05, 3.63) is 70.5 Å². The first kappa shape index (κ1) is 25.4. The maximum atomic E-state index is 13.5. The minimum Gasteiger partial charge on any atom is -0.373 e. The molecule has 11 heteroatoms. The highest BCUT2D eigenvalue weighted by Crippen LogP contribution is 2.45. The largest absolute Gasteiger partial charge is 0.416 e. The second-order valence-electron chi connectivity index (χ2n) is 9.04. The quantitative estimate of drug-likeness (QED) is 0.554. The fraction of sp³-hybridized carbons (Fsp3) is 0.458.